The molecule has 0 saturated heterocycles. The molecule has 4 nitrogen and oxygen atoms in total. The van der Waals surface area contributed by atoms with Gasteiger partial charge in [0.1, 0.15) is 5.82 Å². The quantitative estimate of drug-likeness (QED) is 0.555. The van der Waals surface area contributed by atoms with Crippen LogP contribution in [0.15, 0.2) is 60.5 Å². The first kappa shape index (κ1) is 18.0. The number of primary amides is 1. The molecular formula is C17H17F2N3O. The third-order valence-corrected chi connectivity index (χ3v) is 2.89. The van der Waals surface area contributed by atoms with Crippen molar-refractivity contribution in [1.82, 2.24) is 0 Å². The van der Waals surface area contributed by atoms with E-state index in [-0.39, 0.29) is 28.1 Å². The molecule has 1 amide bonds. The lowest BCUT2D eigenvalue weighted by atomic mass is 10.0. The average Bonchev–Trinajstić information content (AvgIpc) is 2.46. The molecule has 0 aromatic heterocycles. The second-order valence-corrected chi connectivity index (χ2v) is 4.62. The Morgan fingerprint density at radius 3 is 2.48 bits per heavy atom. The maximum atomic E-state index is 14.0. The van der Waals surface area contributed by atoms with Crippen LogP contribution in [0.1, 0.15) is 22.8 Å². The van der Waals surface area contributed by atoms with Crippen molar-refractivity contribution in [2.75, 3.05) is 0 Å². The van der Waals surface area contributed by atoms with Crippen molar-refractivity contribution in [3.05, 3.63) is 77.4 Å². The number of carbonyl (C=O) groups is 1. The Labute approximate surface area is 133 Å². The zero-order chi connectivity index (χ0) is 17.6. The predicted octanol–water partition coefficient (Wildman–Crippen LogP) is 3.23. The van der Waals surface area contributed by atoms with E-state index in [4.69, 9.17) is 16.9 Å². The maximum Gasteiger partial charge on any atom is 0.249 e. The first-order chi connectivity index (χ1) is 10.8. The average molecular weight is 317 g/mol. The summed E-state index contributed by atoms with van der Waals surface area (Å²) in [4.78, 5) is 11.4. The smallest absolute Gasteiger partial charge is 0.249 e. The van der Waals surface area contributed by atoms with Gasteiger partial charge in [-0.2, -0.15) is 0 Å². The minimum atomic E-state index is -0.835. The molecule has 0 spiro atoms. The summed E-state index contributed by atoms with van der Waals surface area (Å²) in [6.07, 6.45) is 4.99. The van der Waals surface area contributed by atoms with Gasteiger partial charge in [0.25, 0.3) is 0 Å². The van der Waals surface area contributed by atoms with E-state index < -0.39 is 17.6 Å². The van der Waals surface area contributed by atoms with Crippen LogP contribution in [0.4, 0.5) is 8.78 Å². The molecule has 0 unspecified atom stereocenters. The number of benzene rings is 1. The van der Waals surface area contributed by atoms with E-state index in [1.54, 1.807) is 0 Å². The molecule has 1 aromatic rings. The molecule has 0 radical (unpaired) electrons. The van der Waals surface area contributed by atoms with Crippen LogP contribution < -0.4 is 11.5 Å². The zero-order valence-electron chi connectivity index (χ0n) is 12.6. The van der Waals surface area contributed by atoms with Gasteiger partial charge in [0.15, 0.2) is 0 Å². The van der Waals surface area contributed by atoms with Gasteiger partial charge in [0, 0.05) is 11.3 Å². The van der Waals surface area contributed by atoms with Crippen LogP contribution in [-0.4, -0.2) is 11.6 Å². The van der Waals surface area contributed by atoms with Gasteiger partial charge < -0.3 is 16.9 Å². The fourth-order valence-electron chi connectivity index (χ4n) is 1.81. The largest absolute Gasteiger partial charge is 0.398 e. The number of nitrogens with two attached hydrogens (primary N) is 2. The number of allylic oxidation sites excluding steroid dienone is 6. The van der Waals surface area contributed by atoms with Crippen LogP contribution in [0, 0.1) is 11.2 Å². The minimum Gasteiger partial charge on any atom is -0.398 e. The van der Waals surface area contributed by atoms with Crippen molar-refractivity contribution in [2.24, 2.45) is 11.5 Å². The van der Waals surface area contributed by atoms with Crippen LogP contribution >= 0.6 is 0 Å². The highest BCUT2D eigenvalue weighted by molar-refractivity contribution is 6.12. The molecule has 1 aromatic carbocycles. The molecule has 5 N–H and O–H groups in total. The van der Waals surface area contributed by atoms with Crippen molar-refractivity contribution in [3.63, 3.8) is 0 Å². The third kappa shape index (κ3) is 4.74. The highest BCUT2D eigenvalue weighted by Crippen LogP contribution is 2.20. The van der Waals surface area contributed by atoms with Crippen molar-refractivity contribution in [3.8, 4) is 0 Å². The lowest BCUT2D eigenvalue weighted by Gasteiger charge is -2.09. The topological polar surface area (TPSA) is 93.0 Å². The van der Waals surface area contributed by atoms with Crippen LogP contribution in [0.3, 0.4) is 0 Å². The van der Waals surface area contributed by atoms with Crippen LogP contribution in [0.2, 0.25) is 0 Å². The summed E-state index contributed by atoms with van der Waals surface area (Å²) in [5.41, 5.74) is 10.8. The van der Waals surface area contributed by atoms with Gasteiger partial charge in [0.05, 0.1) is 17.1 Å². The molecule has 0 saturated carbocycles. The minimum absolute atomic E-state index is 0.0878. The van der Waals surface area contributed by atoms with Crippen LogP contribution in [-0.2, 0) is 0 Å². The van der Waals surface area contributed by atoms with Crippen molar-refractivity contribution in [1.29, 1.82) is 5.41 Å². The molecule has 0 aliphatic carbocycles. The Kier molecular flexibility index (Phi) is 6.14. The number of rotatable bonds is 6. The molecule has 0 heterocycles. The molecule has 0 atom stereocenters. The van der Waals surface area contributed by atoms with E-state index in [0.717, 1.165) is 18.2 Å². The van der Waals surface area contributed by atoms with E-state index in [1.807, 2.05) is 0 Å². The number of hydrogen-bond donors (Lipinski definition) is 3. The third-order valence-electron chi connectivity index (χ3n) is 2.89. The highest BCUT2D eigenvalue weighted by Gasteiger charge is 2.15. The lowest BCUT2D eigenvalue weighted by Crippen LogP contribution is -2.16. The van der Waals surface area contributed by atoms with E-state index in [1.165, 1.54) is 31.2 Å². The molecular weight excluding hydrogens is 300 g/mol. The molecule has 1 rings (SSSR count). The Balaban J connectivity index is 3.31. The highest BCUT2D eigenvalue weighted by atomic mass is 19.1. The number of hydrogen-bond acceptors (Lipinski definition) is 3. The monoisotopic (exact) mass is 317 g/mol. The maximum absolute atomic E-state index is 14.0. The van der Waals surface area contributed by atoms with Gasteiger partial charge in [-0.15, -0.1) is 0 Å². The summed E-state index contributed by atoms with van der Waals surface area (Å²) in [5, 5.41) is 7.93. The standard InChI is InChI=1S/C17H17F2N3O/c1-3-11(8-7-10(2)18)14(20)9-15(21)16-12(17(22)23)5-4-6-13(16)19/h3-9,20H,1,21H2,2H3,(H2,22,23)/b10-7+,11-8+,15-9?,20-14?. The molecule has 0 fully saturated rings. The molecule has 0 aliphatic heterocycles. The summed E-state index contributed by atoms with van der Waals surface area (Å²) < 4.78 is 26.7. The van der Waals surface area contributed by atoms with Gasteiger partial charge in [-0.1, -0.05) is 24.8 Å². The summed E-state index contributed by atoms with van der Waals surface area (Å²) >= 11 is 0. The lowest BCUT2D eigenvalue weighted by molar-refractivity contribution is 0.0999. The molecule has 23 heavy (non-hydrogen) atoms. The van der Waals surface area contributed by atoms with E-state index in [0.29, 0.717) is 0 Å². The molecule has 0 bridgehead atoms. The second-order valence-electron chi connectivity index (χ2n) is 4.62. The Bertz CT molecular complexity index is 742. The first-order valence-corrected chi connectivity index (χ1v) is 6.59. The summed E-state index contributed by atoms with van der Waals surface area (Å²) in [6, 6.07) is 3.80. The van der Waals surface area contributed by atoms with Crippen molar-refractivity contribution < 1.29 is 13.6 Å². The van der Waals surface area contributed by atoms with E-state index in [2.05, 4.69) is 6.58 Å². The van der Waals surface area contributed by atoms with Crippen LogP contribution in [0.25, 0.3) is 5.70 Å². The Morgan fingerprint density at radius 1 is 1.30 bits per heavy atom. The summed E-state index contributed by atoms with van der Waals surface area (Å²) in [5.74, 6) is -2.01. The van der Waals surface area contributed by atoms with Gasteiger partial charge in [-0.05, 0) is 36.8 Å². The van der Waals surface area contributed by atoms with E-state index in [9.17, 15) is 13.6 Å². The molecule has 6 heteroatoms. The van der Waals surface area contributed by atoms with Gasteiger partial charge in [0.2, 0.25) is 5.91 Å². The fourth-order valence-corrected chi connectivity index (χ4v) is 1.81. The normalized spacial score (nSPS) is 12.9. The Morgan fingerprint density at radius 2 is 1.96 bits per heavy atom. The first-order valence-electron chi connectivity index (χ1n) is 6.59. The fraction of sp³-hybridized carbons (Fsp3) is 0.0588. The molecule has 120 valence electrons. The van der Waals surface area contributed by atoms with E-state index >= 15 is 0 Å². The SMILES string of the molecule is C=C/C(=C\C=C(/C)F)C(=N)C=C(N)c1c(F)cccc1C(N)=O. The number of halogens is 2. The van der Waals surface area contributed by atoms with Crippen LogP contribution in [0.5, 0.6) is 0 Å². The van der Waals surface area contributed by atoms with Crippen molar-refractivity contribution in [2.45, 2.75) is 6.92 Å². The zero-order valence-corrected chi connectivity index (χ0v) is 12.6. The number of amides is 1. The number of carbonyl (C=O) groups excluding carboxylic acids is 1. The molecule has 0 aliphatic rings. The second kappa shape index (κ2) is 7.84. The van der Waals surface area contributed by atoms with Gasteiger partial charge in [-0.3, -0.25) is 4.79 Å². The number of nitrogens with one attached hydrogen (secondary N) is 1. The Hall–Kier alpha value is -3.02. The van der Waals surface area contributed by atoms with Gasteiger partial charge in [-0.25, -0.2) is 8.78 Å². The van der Waals surface area contributed by atoms with Crippen molar-refractivity contribution >= 4 is 17.3 Å². The van der Waals surface area contributed by atoms with Gasteiger partial charge >= 0.3 is 0 Å². The summed E-state index contributed by atoms with van der Waals surface area (Å²) in [6.45, 7) is 4.78. The summed E-state index contributed by atoms with van der Waals surface area (Å²) in [7, 11) is 0. The predicted molar refractivity (Wildman–Crippen MR) is 88.0 cm³/mol.